The third-order valence-electron chi connectivity index (χ3n) is 4.24. The zero-order chi connectivity index (χ0) is 17.1. The van der Waals surface area contributed by atoms with Gasteiger partial charge in [0.15, 0.2) is 5.16 Å². The molecular weight excluding hydrogens is 318 g/mol. The number of hydrogen-bond acceptors (Lipinski definition) is 3. The van der Waals surface area contributed by atoms with E-state index >= 15 is 0 Å². The van der Waals surface area contributed by atoms with Crippen LogP contribution in [0, 0.1) is 13.8 Å². The number of rotatable bonds is 5. The maximum absolute atomic E-state index is 12.4. The van der Waals surface area contributed by atoms with Crippen LogP contribution in [0.2, 0.25) is 0 Å². The average molecular weight is 341 g/mol. The minimum Gasteiger partial charge on any atom is -0.319 e. The molecule has 1 aromatic carbocycles. The normalized spacial score (nSPS) is 13.9. The molecule has 0 saturated carbocycles. The van der Waals surface area contributed by atoms with E-state index in [4.69, 9.17) is 0 Å². The summed E-state index contributed by atoms with van der Waals surface area (Å²) < 4.78 is 2.05. The van der Waals surface area contributed by atoms with E-state index in [9.17, 15) is 4.79 Å². The predicted molar refractivity (Wildman–Crippen MR) is 98.5 cm³/mol. The quantitative estimate of drug-likeness (QED) is 0.768. The first kappa shape index (κ1) is 16.8. The monoisotopic (exact) mass is 341 g/mol. The highest BCUT2D eigenvalue weighted by Crippen LogP contribution is 2.24. The lowest BCUT2D eigenvalue weighted by Gasteiger charge is -2.18. The molecule has 1 aliphatic rings. The number of aromatic nitrogens is 2. The zero-order valence-corrected chi connectivity index (χ0v) is 15.3. The van der Waals surface area contributed by atoms with E-state index in [1.54, 1.807) is 11.1 Å². The van der Waals surface area contributed by atoms with Crippen molar-refractivity contribution < 1.29 is 4.79 Å². The van der Waals surface area contributed by atoms with Crippen LogP contribution in [0.5, 0.6) is 0 Å². The van der Waals surface area contributed by atoms with Crippen LogP contribution in [0.4, 0.5) is 0 Å². The van der Waals surface area contributed by atoms with Crippen LogP contribution in [0.25, 0.3) is 5.69 Å². The summed E-state index contributed by atoms with van der Waals surface area (Å²) in [6, 6.07) is 6.42. The minimum absolute atomic E-state index is 0.128. The fourth-order valence-corrected chi connectivity index (χ4v) is 3.91. The van der Waals surface area contributed by atoms with Crippen LogP contribution in [-0.2, 0) is 4.79 Å². The van der Waals surface area contributed by atoms with Gasteiger partial charge in [-0.2, -0.15) is 0 Å². The summed E-state index contributed by atoms with van der Waals surface area (Å²) in [5.41, 5.74) is 4.68. The topological polar surface area (TPSA) is 38.1 Å². The van der Waals surface area contributed by atoms with E-state index < -0.39 is 0 Å². The van der Waals surface area contributed by atoms with E-state index in [0.717, 1.165) is 35.8 Å². The number of allylic oxidation sites excluding steroid dienone is 2. The molecule has 1 heterocycles. The summed E-state index contributed by atoms with van der Waals surface area (Å²) in [6.07, 6.45) is 9.13. The lowest BCUT2D eigenvalue weighted by molar-refractivity contribution is -0.125. The lowest BCUT2D eigenvalue weighted by atomic mass is 10.1. The van der Waals surface area contributed by atoms with E-state index in [0.29, 0.717) is 5.75 Å². The van der Waals surface area contributed by atoms with Gasteiger partial charge >= 0.3 is 0 Å². The Hall–Kier alpha value is -2.01. The summed E-state index contributed by atoms with van der Waals surface area (Å²) in [5, 5.41) is 0.849. The molecule has 0 unspecified atom stereocenters. The molecule has 0 saturated heterocycles. The Morgan fingerprint density at radius 1 is 1.29 bits per heavy atom. The first-order chi connectivity index (χ1) is 11.5. The highest BCUT2D eigenvalue weighted by Gasteiger charge is 2.17. The largest absolute Gasteiger partial charge is 0.319 e. The Balaban J connectivity index is 1.70. The summed E-state index contributed by atoms with van der Waals surface area (Å²) in [4.78, 5) is 18.6. The summed E-state index contributed by atoms with van der Waals surface area (Å²) in [5.74, 6) is 0.526. The van der Waals surface area contributed by atoms with Gasteiger partial charge in [-0.1, -0.05) is 23.9 Å². The number of thioether (sulfide) groups is 1. The fraction of sp³-hybridized carbons (Fsp3) is 0.368. The van der Waals surface area contributed by atoms with Gasteiger partial charge in [-0.05, 0) is 56.4 Å². The van der Waals surface area contributed by atoms with Crippen molar-refractivity contribution >= 4 is 17.7 Å². The van der Waals surface area contributed by atoms with E-state index in [2.05, 4.69) is 43.1 Å². The third kappa shape index (κ3) is 3.73. The Bertz CT molecular complexity index is 758. The van der Waals surface area contributed by atoms with Crippen molar-refractivity contribution in [3.05, 3.63) is 53.5 Å². The van der Waals surface area contributed by atoms with Crippen molar-refractivity contribution in [3.63, 3.8) is 0 Å². The molecule has 0 spiro atoms. The van der Waals surface area contributed by atoms with E-state index in [1.807, 2.05) is 17.8 Å². The standard InChI is InChI=1S/C19H23N3OS/c1-14-10-15(2)12-17(11-14)22-9-8-20-19(22)24-13-18(23)21(3)16-6-4-5-7-16/h6,8-12H,4-5,7,13H2,1-3H3. The molecule has 0 radical (unpaired) electrons. The molecule has 0 N–H and O–H groups in total. The average Bonchev–Trinajstić information content (AvgIpc) is 3.22. The molecule has 4 nitrogen and oxygen atoms in total. The zero-order valence-electron chi connectivity index (χ0n) is 14.5. The third-order valence-corrected chi connectivity index (χ3v) is 5.19. The molecule has 126 valence electrons. The maximum Gasteiger partial charge on any atom is 0.236 e. The van der Waals surface area contributed by atoms with Gasteiger partial charge in [0.2, 0.25) is 5.91 Å². The van der Waals surface area contributed by atoms with Crippen LogP contribution in [-0.4, -0.2) is 33.2 Å². The van der Waals surface area contributed by atoms with Crippen LogP contribution in [0.3, 0.4) is 0 Å². The van der Waals surface area contributed by atoms with Crippen molar-refractivity contribution in [1.29, 1.82) is 0 Å². The second-order valence-electron chi connectivity index (χ2n) is 6.25. The van der Waals surface area contributed by atoms with Gasteiger partial charge in [-0.25, -0.2) is 4.98 Å². The van der Waals surface area contributed by atoms with Crippen LogP contribution in [0.15, 0.2) is 47.5 Å². The van der Waals surface area contributed by atoms with Gasteiger partial charge in [-0.15, -0.1) is 0 Å². The molecule has 1 aliphatic carbocycles. The van der Waals surface area contributed by atoms with Crippen molar-refractivity contribution in [3.8, 4) is 5.69 Å². The summed E-state index contributed by atoms with van der Waals surface area (Å²) >= 11 is 1.49. The molecule has 0 bridgehead atoms. The molecule has 5 heteroatoms. The Kier molecular flexibility index (Phi) is 5.09. The molecule has 2 aromatic rings. The number of amides is 1. The number of carbonyl (C=O) groups is 1. The summed E-state index contributed by atoms with van der Waals surface area (Å²) in [6.45, 7) is 4.18. The first-order valence-electron chi connectivity index (χ1n) is 8.25. The van der Waals surface area contributed by atoms with Crippen LogP contribution in [0.1, 0.15) is 30.4 Å². The molecule has 0 atom stereocenters. The Labute approximate surface area is 147 Å². The molecule has 0 fully saturated rings. The smallest absolute Gasteiger partial charge is 0.236 e. The first-order valence-corrected chi connectivity index (χ1v) is 9.23. The lowest BCUT2D eigenvalue weighted by Crippen LogP contribution is -2.27. The number of imidazole rings is 1. The second kappa shape index (κ2) is 7.26. The fourth-order valence-electron chi connectivity index (χ4n) is 3.02. The maximum atomic E-state index is 12.4. The highest BCUT2D eigenvalue weighted by atomic mass is 32.2. The second-order valence-corrected chi connectivity index (χ2v) is 7.20. The van der Waals surface area contributed by atoms with Gasteiger partial charge in [0.25, 0.3) is 0 Å². The molecule has 1 aromatic heterocycles. The van der Waals surface area contributed by atoms with Crippen molar-refractivity contribution in [2.24, 2.45) is 0 Å². The van der Waals surface area contributed by atoms with Crippen molar-refractivity contribution in [1.82, 2.24) is 14.5 Å². The number of aryl methyl sites for hydroxylation is 2. The number of nitrogens with zero attached hydrogens (tertiary/aromatic N) is 3. The van der Waals surface area contributed by atoms with E-state index in [-0.39, 0.29) is 5.91 Å². The summed E-state index contributed by atoms with van der Waals surface area (Å²) in [7, 11) is 1.87. The van der Waals surface area contributed by atoms with E-state index in [1.165, 1.54) is 22.9 Å². The molecule has 3 rings (SSSR count). The van der Waals surface area contributed by atoms with Gasteiger partial charge in [0.05, 0.1) is 5.75 Å². The SMILES string of the molecule is Cc1cc(C)cc(-n2ccnc2SCC(=O)N(C)C2=CCCC2)c1. The van der Waals surface area contributed by atoms with Crippen LogP contribution < -0.4 is 0 Å². The Morgan fingerprint density at radius 3 is 2.71 bits per heavy atom. The molecule has 0 aliphatic heterocycles. The molecular formula is C19H23N3OS. The van der Waals surface area contributed by atoms with Crippen molar-refractivity contribution in [2.75, 3.05) is 12.8 Å². The predicted octanol–water partition coefficient (Wildman–Crippen LogP) is 4.11. The Morgan fingerprint density at radius 2 is 2.04 bits per heavy atom. The van der Waals surface area contributed by atoms with Gasteiger partial charge in [-0.3, -0.25) is 9.36 Å². The molecule has 24 heavy (non-hydrogen) atoms. The number of hydrogen-bond donors (Lipinski definition) is 0. The number of carbonyl (C=O) groups excluding carboxylic acids is 1. The van der Waals surface area contributed by atoms with Crippen molar-refractivity contribution in [2.45, 2.75) is 38.3 Å². The molecule has 1 amide bonds. The minimum atomic E-state index is 0.128. The number of benzene rings is 1. The van der Waals surface area contributed by atoms with Gasteiger partial charge in [0, 0.05) is 30.8 Å². The highest BCUT2D eigenvalue weighted by molar-refractivity contribution is 7.99. The van der Waals surface area contributed by atoms with Gasteiger partial charge in [0.1, 0.15) is 0 Å². The van der Waals surface area contributed by atoms with Gasteiger partial charge < -0.3 is 4.90 Å². The van der Waals surface area contributed by atoms with Crippen LogP contribution >= 0.6 is 11.8 Å².